The summed E-state index contributed by atoms with van der Waals surface area (Å²) in [5.74, 6) is -0.954. The van der Waals surface area contributed by atoms with Crippen LogP contribution in [0.5, 0.6) is 0 Å². The lowest BCUT2D eigenvalue weighted by Crippen LogP contribution is -2.13. The molecule has 0 bridgehead atoms. The molecule has 0 unspecified atom stereocenters. The minimum atomic E-state index is -0.545. The molecule has 0 radical (unpaired) electrons. The number of rotatable bonds is 4. The highest BCUT2D eigenvalue weighted by Crippen LogP contribution is 2.23. The second kappa shape index (κ2) is 8.33. The third-order valence-corrected chi connectivity index (χ3v) is 4.08. The van der Waals surface area contributed by atoms with Crippen molar-refractivity contribution in [2.45, 2.75) is 0 Å². The van der Waals surface area contributed by atoms with E-state index in [9.17, 15) is 9.59 Å². The molecule has 2 rings (SSSR count). The van der Waals surface area contributed by atoms with Gasteiger partial charge in [0, 0.05) is 20.6 Å². The number of esters is 1. The van der Waals surface area contributed by atoms with Crippen molar-refractivity contribution < 1.29 is 14.3 Å². The molecule has 0 aliphatic carbocycles. The van der Waals surface area contributed by atoms with Crippen LogP contribution in [-0.2, 0) is 9.53 Å². The van der Waals surface area contributed by atoms with E-state index in [1.165, 1.54) is 13.2 Å². The minimum absolute atomic E-state index is 0.248. The fourth-order valence-corrected chi connectivity index (χ4v) is 2.71. The van der Waals surface area contributed by atoms with Crippen LogP contribution in [0, 0.1) is 0 Å². The maximum absolute atomic E-state index is 12.1. The molecule has 0 aliphatic rings. The van der Waals surface area contributed by atoms with Crippen LogP contribution < -0.4 is 5.32 Å². The summed E-state index contributed by atoms with van der Waals surface area (Å²) in [5.41, 5.74) is 1.25. The molecule has 24 heavy (non-hydrogen) atoms. The summed E-state index contributed by atoms with van der Waals surface area (Å²) >= 11 is 15.1. The van der Waals surface area contributed by atoms with Gasteiger partial charge in [0.15, 0.2) is 0 Å². The SMILES string of the molecule is COC(=O)c1cc(Br)ccc1NC(=O)/C=C/c1ccc(Cl)cc1Cl. The molecule has 124 valence electrons. The van der Waals surface area contributed by atoms with Crippen molar-refractivity contribution in [2.24, 2.45) is 0 Å². The molecule has 1 amide bonds. The molecule has 1 N–H and O–H groups in total. The van der Waals surface area contributed by atoms with Crippen LogP contribution in [-0.4, -0.2) is 19.0 Å². The predicted molar refractivity (Wildman–Crippen MR) is 99.6 cm³/mol. The second-order valence-electron chi connectivity index (χ2n) is 4.67. The number of benzene rings is 2. The molecule has 7 heteroatoms. The maximum atomic E-state index is 12.1. The number of hydrogen-bond donors (Lipinski definition) is 1. The van der Waals surface area contributed by atoms with E-state index >= 15 is 0 Å². The van der Waals surface area contributed by atoms with Crippen molar-refractivity contribution in [3.8, 4) is 0 Å². The first-order chi connectivity index (χ1) is 11.4. The van der Waals surface area contributed by atoms with Gasteiger partial charge in [-0.1, -0.05) is 45.2 Å². The summed E-state index contributed by atoms with van der Waals surface area (Å²) in [5, 5.41) is 3.59. The summed E-state index contributed by atoms with van der Waals surface area (Å²) in [6.45, 7) is 0. The van der Waals surface area contributed by atoms with Gasteiger partial charge in [-0.2, -0.15) is 0 Å². The molecule has 2 aromatic rings. The first-order valence-electron chi connectivity index (χ1n) is 6.72. The molecule has 0 saturated heterocycles. The van der Waals surface area contributed by atoms with E-state index in [1.54, 1.807) is 42.5 Å². The molecule has 0 saturated carbocycles. The number of carbonyl (C=O) groups is 2. The van der Waals surface area contributed by atoms with Gasteiger partial charge in [-0.3, -0.25) is 4.79 Å². The lowest BCUT2D eigenvalue weighted by atomic mass is 10.1. The molecule has 0 fully saturated rings. The van der Waals surface area contributed by atoms with Gasteiger partial charge in [0.05, 0.1) is 18.4 Å². The monoisotopic (exact) mass is 427 g/mol. The van der Waals surface area contributed by atoms with Gasteiger partial charge in [-0.25, -0.2) is 4.79 Å². The van der Waals surface area contributed by atoms with Gasteiger partial charge in [-0.05, 0) is 42.0 Å². The van der Waals surface area contributed by atoms with E-state index < -0.39 is 11.9 Å². The Morgan fingerprint density at radius 2 is 1.92 bits per heavy atom. The molecular formula is C17H12BrCl2NO3. The highest BCUT2D eigenvalue weighted by molar-refractivity contribution is 9.10. The number of methoxy groups -OCH3 is 1. The Labute approximate surface area is 157 Å². The van der Waals surface area contributed by atoms with Crippen LogP contribution in [0.15, 0.2) is 46.9 Å². The third-order valence-electron chi connectivity index (χ3n) is 3.02. The van der Waals surface area contributed by atoms with Crippen molar-refractivity contribution in [3.63, 3.8) is 0 Å². The zero-order chi connectivity index (χ0) is 17.7. The van der Waals surface area contributed by atoms with E-state index in [1.807, 2.05) is 0 Å². The maximum Gasteiger partial charge on any atom is 0.340 e. The summed E-state index contributed by atoms with van der Waals surface area (Å²) in [4.78, 5) is 23.9. The van der Waals surface area contributed by atoms with Gasteiger partial charge in [-0.15, -0.1) is 0 Å². The molecular weight excluding hydrogens is 417 g/mol. The van der Waals surface area contributed by atoms with Crippen molar-refractivity contribution in [3.05, 3.63) is 68.1 Å². The number of nitrogens with one attached hydrogen (secondary N) is 1. The van der Waals surface area contributed by atoms with Gasteiger partial charge in [0.1, 0.15) is 0 Å². The third kappa shape index (κ3) is 4.84. The molecule has 0 aliphatic heterocycles. The van der Waals surface area contributed by atoms with Gasteiger partial charge < -0.3 is 10.1 Å². The van der Waals surface area contributed by atoms with Crippen molar-refractivity contribution >= 4 is 62.8 Å². The van der Waals surface area contributed by atoms with Crippen LogP contribution >= 0.6 is 39.1 Å². The molecule has 0 aromatic heterocycles. The van der Waals surface area contributed by atoms with E-state index in [-0.39, 0.29) is 5.56 Å². The van der Waals surface area contributed by atoms with Crippen LogP contribution in [0.2, 0.25) is 10.0 Å². The topological polar surface area (TPSA) is 55.4 Å². The highest BCUT2D eigenvalue weighted by atomic mass is 79.9. The predicted octanol–water partition coefficient (Wildman–Crippen LogP) is 5.19. The van der Waals surface area contributed by atoms with Crippen LogP contribution in [0.3, 0.4) is 0 Å². The minimum Gasteiger partial charge on any atom is -0.465 e. The van der Waals surface area contributed by atoms with Crippen molar-refractivity contribution in [2.75, 3.05) is 12.4 Å². The lowest BCUT2D eigenvalue weighted by Gasteiger charge is -2.09. The number of hydrogen-bond acceptors (Lipinski definition) is 3. The van der Waals surface area contributed by atoms with Crippen molar-refractivity contribution in [1.82, 2.24) is 0 Å². The van der Waals surface area contributed by atoms with E-state index in [4.69, 9.17) is 27.9 Å². The number of ether oxygens (including phenoxy) is 1. The summed E-state index contributed by atoms with van der Waals surface area (Å²) in [7, 11) is 1.28. The summed E-state index contributed by atoms with van der Waals surface area (Å²) in [6.07, 6.45) is 2.88. The molecule has 0 spiro atoms. The fraction of sp³-hybridized carbons (Fsp3) is 0.0588. The Bertz CT molecular complexity index is 821. The van der Waals surface area contributed by atoms with Crippen LogP contribution in [0.1, 0.15) is 15.9 Å². The molecule has 4 nitrogen and oxygen atoms in total. The number of carbonyl (C=O) groups excluding carboxylic acids is 2. The molecule has 0 heterocycles. The van der Waals surface area contributed by atoms with E-state index in [0.29, 0.717) is 25.8 Å². The zero-order valence-electron chi connectivity index (χ0n) is 12.5. The Balaban J connectivity index is 2.18. The first-order valence-corrected chi connectivity index (χ1v) is 8.27. The van der Waals surface area contributed by atoms with E-state index in [0.717, 1.165) is 0 Å². The van der Waals surface area contributed by atoms with E-state index in [2.05, 4.69) is 21.2 Å². The Morgan fingerprint density at radius 3 is 2.58 bits per heavy atom. The van der Waals surface area contributed by atoms with Crippen molar-refractivity contribution in [1.29, 1.82) is 0 Å². The molecule has 0 atom stereocenters. The fourth-order valence-electron chi connectivity index (χ4n) is 1.88. The smallest absolute Gasteiger partial charge is 0.340 e. The second-order valence-corrected chi connectivity index (χ2v) is 6.43. The number of halogens is 3. The Morgan fingerprint density at radius 1 is 1.17 bits per heavy atom. The lowest BCUT2D eigenvalue weighted by molar-refractivity contribution is -0.111. The number of anilines is 1. The zero-order valence-corrected chi connectivity index (χ0v) is 15.6. The molecule has 2 aromatic carbocycles. The summed E-state index contributed by atoms with van der Waals surface area (Å²) < 4.78 is 5.41. The average molecular weight is 429 g/mol. The van der Waals surface area contributed by atoms with Crippen LogP contribution in [0.4, 0.5) is 5.69 Å². The quantitative estimate of drug-likeness (QED) is 0.538. The first kappa shape index (κ1) is 18.5. The van der Waals surface area contributed by atoms with Gasteiger partial charge >= 0.3 is 5.97 Å². The normalized spacial score (nSPS) is 10.7. The summed E-state index contributed by atoms with van der Waals surface area (Å²) in [6, 6.07) is 9.86. The van der Waals surface area contributed by atoms with Gasteiger partial charge in [0.2, 0.25) is 5.91 Å². The Kier molecular flexibility index (Phi) is 6.43. The Hall–Kier alpha value is -1.82. The van der Waals surface area contributed by atoms with Gasteiger partial charge in [0.25, 0.3) is 0 Å². The van der Waals surface area contributed by atoms with Crippen LogP contribution in [0.25, 0.3) is 6.08 Å². The largest absolute Gasteiger partial charge is 0.465 e. The highest BCUT2D eigenvalue weighted by Gasteiger charge is 2.13. The average Bonchev–Trinajstić information content (AvgIpc) is 2.55. The number of amides is 1. The standard InChI is InChI=1S/C17H12BrCl2NO3/c1-24-17(23)13-8-11(18)4-6-15(13)21-16(22)7-3-10-2-5-12(19)9-14(10)20/h2-9H,1H3,(H,21,22)/b7-3+.